The van der Waals surface area contributed by atoms with E-state index in [0.717, 1.165) is 24.9 Å². The lowest BCUT2D eigenvalue weighted by atomic mass is 10.2. The predicted octanol–water partition coefficient (Wildman–Crippen LogP) is 2.05. The summed E-state index contributed by atoms with van der Waals surface area (Å²) in [6.07, 6.45) is 2.80. The Morgan fingerprint density at radius 2 is 1.65 bits per heavy atom. The first-order valence-electron chi connectivity index (χ1n) is 10.5. The number of anilines is 2. The van der Waals surface area contributed by atoms with Crippen LogP contribution in [0.3, 0.4) is 0 Å². The monoisotopic (exact) mass is 442 g/mol. The molecular weight excluding hydrogens is 416 g/mol. The minimum atomic E-state index is -3.53. The molecule has 0 atom stereocenters. The lowest BCUT2D eigenvalue weighted by Crippen LogP contribution is -2.47. The molecule has 164 valence electrons. The molecule has 2 aromatic carbocycles. The fourth-order valence-corrected chi connectivity index (χ4v) is 5.44. The molecule has 2 N–H and O–H groups in total. The van der Waals surface area contributed by atoms with Crippen LogP contribution in [0, 0.1) is 0 Å². The van der Waals surface area contributed by atoms with Crippen molar-refractivity contribution in [1.82, 2.24) is 9.62 Å². The number of para-hydroxylation sites is 2. The quantitative estimate of drug-likeness (QED) is 0.739. The number of rotatable bonds is 5. The molecule has 0 spiro atoms. The molecule has 8 nitrogen and oxygen atoms in total. The van der Waals surface area contributed by atoms with E-state index in [1.165, 1.54) is 28.6 Å². The van der Waals surface area contributed by atoms with Crippen LogP contribution in [0.2, 0.25) is 0 Å². The van der Waals surface area contributed by atoms with Crippen LogP contribution >= 0.6 is 0 Å². The number of carbonyl (C=O) groups is 2. The highest BCUT2D eigenvalue weighted by molar-refractivity contribution is 7.89. The van der Waals surface area contributed by atoms with Gasteiger partial charge in [0.05, 0.1) is 22.8 Å². The fraction of sp³-hybridized carbons (Fsp3) is 0.364. The molecule has 31 heavy (non-hydrogen) atoms. The van der Waals surface area contributed by atoms with E-state index in [2.05, 4.69) is 10.6 Å². The summed E-state index contributed by atoms with van der Waals surface area (Å²) >= 11 is 0. The molecule has 0 aromatic heterocycles. The summed E-state index contributed by atoms with van der Waals surface area (Å²) in [6, 6.07) is 13.4. The zero-order chi connectivity index (χ0) is 21.8. The van der Waals surface area contributed by atoms with Gasteiger partial charge in [0.1, 0.15) is 0 Å². The summed E-state index contributed by atoms with van der Waals surface area (Å²) < 4.78 is 27.1. The summed E-state index contributed by atoms with van der Waals surface area (Å²) in [6.45, 7) is 2.51. The molecule has 9 heteroatoms. The van der Waals surface area contributed by atoms with Crippen molar-refractivity contribution in [2.75, 3.05) is 42.9 Å². The molecule has 2 aliphatic rings. The van der Waals surface area contributed by atoms with Gasteiger partial charge in [-0.15, -0.1) is 0 Å². The van der Waals surface area contributed by atoms with Crippen LogP contribution in [-0.4, -0.2) is 57.3 Å². The third-order valence-corrected chi connectivity index (χ3v) is 7.51. The van der Waals surface area contributed by atoms with Gasteiger partial charge in [0, 0.05) is 31.7 Å². The largest absolute Gasteiger partial charge is 0.359 e. The van der Waals surface area contributed by atoms with E-state index in [0.29, 0.717) is 37.4 Å². The number of hydrogen-bond acceptors (Lipinski definition) is 5. The Morgan fingerprint density at radius 3 is 2.35 bits per heavy atom. The summed E-state index contributed by atoms with van der Waals surface area (Å²) in [7, 11) is -3.53. The lowest BCUT2D eigenvalue weighted by molar-refractivity contribution is -0.120. The van der Waals surface area contributed by atoms with E-state index >= 15 is 0 Å². The van der Waals surface area contributed by atoms with Crippen molar-refractivity contribution in [1.29, 1.82) is 0 Å². The second-order valence-corrected chi connectivity index (χ2v) is 9.67. The average molecular weight is 443 g/mol. The van der Waals surface area contributed by atoms with Crippen molar-refractivity contribution >= 4 is 33.2 Å². The van der Waals surface area contributed by atoms with Crippen LogP contribution < -0.4 is 15.5 Å². The van der Waals surface area contributed by atoms with Gasteiger partial charge in [0.15, 0.2) is 0 Å². The Labute approximate surface area is 182 Å². The maximum Gasteiger partial charge on any atom is 0.255 e. The van der Waals surface area contributed by atoms with Crippen LogP contribution in [0.15, 0.2) is 53.4 Å². The van der Waals surface area contributed by atoms with Crippen molar-refractivity contribution in [3.05, 3.63) is 54.1 Å². The number of nitrogens with zero attached hydrogens (tertiary/aromatic N) is 2. The van der Waals surface area contributed by atoms with Gasteiger partial charge in [-0.1, -0.05) is 18.6 Å². The number of piperidine rings is 1. The molecule has 2 fully saturated rings. The third-order valence-electron chi connectivity index (χ3n) is 5.60. The zero-order valence-electron chi connectivity index (χ0n) is 17.2. The van der Waals surface area contributed by atoms with Gasteiger partial charge < -0.3 is 15.5 Å². The van der Waals surface area contributed by atoms with Crippen molar-refractivity contribution < 1.29 is 18.0 Å². The molecule has 4 rings (SSSR count). The van der Waals surface area contributed by atoms with E-state index in [1.807, 2.05) is 23.1 Å². The molecular formula is C22H26N4O4S. The van der Waals surface area contributed by atoms with Crippen molar-refractivity contribution in [3.8, 4) is 0 Å². The number of nitrogens with one attached hydrogen (secondary N) is 2. The number of piperazine rings is 1. The molecule has 0 saturated carbocycles. The third kappa shape index (κ3) is 4.72. The molecule has 2 saturated heterocycles. The minimum Gasteiger partial charge on any atom is -0.359 e. The normalized spacial score (nSPS) is 17.8. The van der Waals surface area contributed by atoms with Gasteiger partial charge in [-0.3, -0.25) is 9.59 Å². The number of amides is 2. The van der Waals surface area contributed by atoms with Crippen molar-refractivity contribution in [2.45, 2.75) is 24.2 Å². The maximum atomic E-state index is 12.8. The van der Waals surface area contributed by atoms with Crippen LogP contribution in [0.5, 0.6) is 0 Å². The first-order valence-corrected chi connectivity index (χ1v) is 11.9. The van der Waals surface area contributed by atoms with Gasteiger partial charge in [0.2, 0.25) is 15.9 Å². The van der Waals surface area contributed by atoms with Crippen LogP contribution in [0.25, 0.3) is 0 Å². The van der Waals surface area contributed by atoms with Crippen LogP contribution in [0.4, 0.5) is 11.4 Å². The smallest absolute Gasteiger partial charge is 0.255 e. The summed E-state index contributed by atoms with van der Waals surface area (Å²) in [5.41, 5.74) is 1.74. The molecule has 0 unspecified atom stereocenters. The topological polar surface area (TPSA) is 98.8 Å². The number of benzene rings is 2. The maximum absolute atomic E-state index is 12.8. The summed E-state index contributed by atoms with van der Waals surface area (Å²) in [5.74, 6) is -0.395. The minimum absolute atomic E-state index is 0.0575. The summed E-state index contributed by atoms with van der Waals surface area (Å²) in [4.78, 5) is 26.7. The van der Waals surface area contributed by atoms with Crippen LogP contribution in [-0.2, 0) is 14.8 Å². The number of sulfonamides is 1. The lowest BCUT2D eigenvalue weighted by Gasteiger charge is -2.30. The first-order chi connectivity index (χ1) is 14.9. The first kappa shape index (κ1) is 21.3. The van der Waals surface area contributed by atoms with Gasteiger partial charge in [-0.2, -0.15) is 4.31 Å². The second-order valence-electron chi connectivity index (χ2n) is 7.73. The standard InChI is InChI=1S/C22H26N4O4S/c27-21-16-25(15-12-23-21)20-7-3-2-6-19(20)24-22(28)17-8-10-18(11-9-17)31(29,30)26-13-4-1-5-14-26/h2-3,6-11H,1,4-5,12-16H2,(H,23,27)(H,24,28). The zero-order valence-corrected chi connectivity index (χ0v) is 18.0. The highest BCUT2D eigenvalue weighted by atomic mass is 32.2. The number of hydrogen-bond donors (Lipinski definition) is 2. The van der Waals surface area contributed by atoms with Crippen molar-refractivity contribution in [3.63, 3.8) is 0 Å². The van der Waals surface area contributed by atoms with E-state index in [-0.39, 0.29) is 23.3 Å². The molecule has 2 aromatic rings. The van der Waals surface area contributed by atoms with E-state index < -0.39 is 10.0 Å². The molecule has 2 aliphatic heterocycles. The average Bonchev–Trinajstić information content (AvgIpc) is 2.80. The number of carbonyl (C=O) groups excluding carboxylic acids is 2. The Morgan fingerprint density at radius 1 is 0.935 bits per heavy atom. The van der Waals surface area contributed by atoms with Gasteiger partial charge >= 0.3 is 0 Å². The summed E-state index contributed by atoms with van der Waals surface area (Å²) in [5, 5.41) is 5.68. The molecule has 2 heterocycles. The van der Waals surface area contributed by atoms with E-state index in [1.54, 1.807) is 6.07 Å². The van der Waals surface area contributed by atoms with Gasteiger partial charge in [0.25, 0.3) is 5.91 Å². The molecule has 0 aliphatic carbocycles. The van der Waals surface area contributed by atoms with Gasteiger partial charge in [-0.25, -0.2) is 8.42 Å². The Kier molecular flexibility index (Phi) is 6.24. The van der Waals surface area contributed by atoms with Crippen LogP contribution in [0.1, 0.15) is 29.6 Å². The highest BCUT2D eigenvalue weighted by Gasteiger charge is 2.26. The Hall–Kier alpha value is -2.91. The van der Waals surface area contributed by atoms with E-state index in [4.69, 9.17) is 0 Å². The van der Waals surface area contributed by atoms with Gasteiger partial charge in [-0.05, 0) is 49.2 Å². The molecule has 0 radical (unpaired) electrons. The van der Waals surface area contributed by atoms with E-state index in [9.17, 15) is 18.0 Å². The highest BCUT2D eigenvalue weighted by Crippen LogP contribution is 2.27. The second kappa shape index (κ2) is 9.07. The van der Waals surface area contributed by atoms with Crippen molar-refractivity contribution in [2.24, 2.45) is 0 Å². The fourth-order valence-electron chi connectivity index (χ4n) is 3.93. The Balaban J connectivity index is 1.49. The SMILES string of the molecule is O=C1CN(c2ccccc2NC(=O)c2ccc(S(=O)(=O)N3CCCCC3)cc2)CCN1. The molecule has 2 amide bonds. The Bertz CT molecular complexity index is 1060. The predicted molar refractivity (Wildman–Crippen MR) is 119 cm³/mol. The molecule has 0 bridgehead atoms.